The van der Waals surface area contributed by atoms with Crippen LogP contribution in [-0.4, -0.2) is 48.9 Å². The van der Waals surface area contributed by atoms with E-state index < -0.39 is 5.79 Å². The second kappa shape index (κ2) is 7.59. The molecule has 2 saturated heterocycles. The molecule has 0 aromatic heterocycles. The summed E-state index contributed by atoms with van der Waals surface area (Å²) in [5.74, 6) is 0.0286. The molecule has 2 N–H and O–H groups in total. The smallest absolute Gasteiger partial charge is 0.239 e. The number of ether oxygens (including phenoxy) is 2. The zero-order valence-electron chi connectivity index (χ0n) is 12.5. The molecule has 6 heteroatoms. The second-order valence-corrected chi connectivity index (χ2v) is 5.71. The molecule has 1 atom stereocenters. The van der Waals surface area contributed by atoms with Gasteiger partial charge in [0.2, 0.25) is 5.91 Å². The third-order valence-corrected chi connectivity index (χ3v) is 4.33. The molecule has 1 unspecified atom stereocenters. The summed E-state index contributed by atoms with van der Waals surface area (Å²) in [6.45, 7) is 6.96. The first kappa shape index (κ1) is 17.7. The van der Waals surface area contributed by atoms with Crippen molar-refractivity contribution in [2.24, 2.45) is 11.7 Å². The van der Waals surface area contributed by atoms with Crippen molar-refractivity contribution in [2.75, 3.05) is 26.3 Å². The number of piperidine rings is 1. The molecule has 118 valence electrons. The van der Waals surface area contributed by atoms with Crippen LogP contribution in [0.3, 0.4) is 0 Å². The van der Waals surface area contributed by atoms with Crippen LogP contribution < -0.4 is 5.73 Å². The lowest BCUT2D eigenvalue weighted by Gasteiger charge is -2.39. The molecule has 0 spiro atoms. The summed E-state index contributed by atoms with van der Waals surface area (Å²) in [4.78, 5) is 14.0. The fourth-order valence-corrected chi connectivity index (χ4v) is 3.06. The van der Waals surface area contributed by atoms with E-state index in [1.165, 1.54) is 0 Å². The van der Waals surface area contributed by atoms with Crippen molar-refractivity contribution in [1.82, 2.24) is 4.90 Å². The maximum atomic E-state index is 12.1. The lowest BCUT2D eigenvalue weighted by Crippen LogP contribution is -2.50. The highest BCUT2D eigenvalue weighted by molar-refractivity contribution is 5.85. The molecule has 0 aliphatic carbocycles. The van der Waals surface area contributed by atoms with Gasteiger partial charge in [-0.05, 0) is 26.2 Å². The van der Waals surface area contributed by atoms with Gasteiger partial charge in [-0.25, -0.2) is 0 Å². The topological polar surface area (TPSA) is 64.8 Å². The van der Waals surface area contributed by atoms with Crippen molar-refractivity contribution in [3.63, 3.8) is 0 Å². The molecule has 0 radical (unpaired) electrons. The average molecular weight is 307 g/mol. The Balaban J connectivity index is 0.00000200. The molecule has 0 bridgehead atoms. The van der Waals surface area contributed by atoms with Crippen LogP contribution in [0, 0.1) is 5.92 Å². The second-order valence-electron chi connectivity index (χ2n) is 5.71. The lowest BCUT2D eigenvalue weighted by molar-refractivity contribution is -0.191. The number of carbonyl (C=O) groups excluding carboxylic acids is 1. The van der Waals surface area contributed by atoms with Crippen LogP contribution in [0.15, 0.2) is 0 Å². The van der Waals surface area contributed by atoms with Gasteiger partial charge in [-0.2, -0.15) is 0 Å². The molecule has 0 aromatic carbocycles. The SMILES string of the molecule is CCCC(N)C(=O)N1CCC(C2(C)OCCO2)CC1.Cl. The van der Waals surface area contributed by atoms with Crippen LogP contribution in [0.4, 0.5) is 0 Å². The van der Waals surface area contributed by atoms with Crippen molar-refractivity contribution in [1.29, 1.82) is 0 Å². The van der Waals surface area contributed by atoms with Gasteiger partial charge in [-0.15, -0.1) is 12.4 Å². The van der Waals surface area contributed by atoms with Crippen molar-refractivity contribution in [2.45, 2.75) is 51.4 Å². The van der Waals surface area contributed by atoms with Crippen molar-refractivity contribution in [3.8, 4) is 0 Å². The van der Waals surface area contributed by atoms with Gasteiger partial charge < -0.3 is 20.1 Å². The van der Waals surface area contributed by atoms with Crippen molar-refractivity contribution >= 4 is 18.3 Å². The van der Waals surface area contributed by atoms with E-state index in [1.54, 1.807) is 0 Å². The molecule has 0 aromatic rings. The van der Waals surface area contributed by atoms with E-state index in [0.717, 1.165) is 38.8 Å². The number of hydrogen-bond donors (Lipinski definition) is 1. The third kappa shape index (κ3) is 3.85. The number of rotatable bonds is 4. The van der Waals surface area contributed by atoms with E-state index in [0.29, 0.717) is 19.1 Å². The predicted octanol–water partition coefficient (Wildman–Crippen LogP) is 1.54. The van der Waals surface area contributed by atoms with Crippen LogP contribution >= 0.6 is 12.4 Å². The van der Waals surface area contributed by atoms with Crippen LogP contribution in [0.25, 0.3) is 0 Å². The number of likely N-dealkylation sites (tertiary alicyclic amines) is 1. The number of nitrogens with zero attached hydrogens (tertiary/aromatic N) is 1. The number of hydrogen-bond acceptors (Lipinski definition) is 4. The minimum atomic E-state index is -0.444. The Hall–Kier alpha value is -0.360. The first-order chi connectivity index (χ1) is 9.07. The summed E-state index contributed by atoms with van der Waals surface area (Å²) in [5.41, 5.74) is 5.90. The van der Waals surface area contributed by atoms with Crippen molar-refractivity contribution in [3.05, 3.63) is 0 Å². The van der Waals surface area contributed by atoms with Gasteiger partial charge in [0.25, 0.3) is 0 Å². The predicted molar refractivity (Wildman–Crippen MR) is 79.7 cm³/mol. The van der Waals surface area contributed by atoms with Crippen LogP contribution in [0.1, 0.15) is 39.5 Å². The van der Waals surface area contributed by atoms with Gasteiger partial charge in [0.15, 0.2) is 5.79 Å². The molecule has 5 nitrogen and oxygen atoms in total. The average Bonchev–Trinajstić information content (AvgIpc) is 2.86. The van der Waals surface area contributed by atoms with Gasteiger partial charge in [0.1, 0.15) is 0 Å². The van der Waals surface area contributed by atoms with Crippen LogP contribution in [0.2, 0.25) is 0 Å². The first-order valence-corrected chi connectivity index (χ1v) is 7.39. The van der Waals surface area contributed by atoms with E-state index >= 15 is 0 Å². The summed E-state index contributed by atoms with van der Waals surface area (Å²) < 4.78 is 11.4. The van der Waals surface area contributed by atoms with Crippen LogP contribution in [0.5, 0.6) is 0 Å². The van der Waals surface area contributed by atoms with E-state index in [-0.39, 0.29) is 24.4 Å². The van der Waals surface area contributed by atoms with Gasteiger partial charge in [-0.1, -0.05) is 13.3 Å². The summed E-state index contributed by atoms with van der Waals surface area (Å²) in [7, 11) is 0. The fourth-order valence-electron chi connectivity index (χ4n) is 3.06. The lowest BCUT2D eigenvalue weighted by atomic mass is 9.89. The Morgan fingerprint density at radius 1 is 1.35 bits per heavy atom. The number of amides is 1. The van der Waals surface area contributed by atoms with Gasteiger partial charge >= 0.3 is 0 Å². The van der Waals surface area contributed by atoms with E-state index in [2.05, 4.69) is 6.92 Å². The standard InChI is InChI=1S/C14H26N2O3.ClH/c1-3-4-12(15)13(17)16-7-5-11(6-8-16)14(2)18-9-10-19-14;/h11-12H,3-10,15H2,1-2H3;1H. The summed E-state index contributed by atoms with van der Waals surface area (Å²) in [6, 6.07) is -0.337. The van der Waals surface area contributed by atoms with Crippen LogP contribution in [-0.2, 0) is 14.3 Å². The quantitative estimate of drug-likeness (QED) is 0.855. The molecule has 2 fully saturated rings. The summed E-state index contributed by atoms with van der Waals surface area (Å²) in [6.07, 6.45) is 3.58. The van der Waals surface area contributed by atoms with Crippen molar-refractivity contribution < 1.29 is 14.3 Å². The fraction of sp³-hybridized carbons (Fsp3) is 0.929. The van der Waals surface area contributed by atoms with E-state index in [4.69, 9.17) is 15.2 Å². The molecule has 2 aliphatic rings. The van der Waals surface area contributed by atoms with E-state index in [1.807, 2.05) is 11.8 Å². The molecule has 2 rings (SSSR count). The van der Waals surface area contributed by atoms with Gasteiger partial charge in [0.05, 0.1) is 19.3 Å². The number of halogens is 1. The molecule has 20 heavy (non-hydrogen) atoms. The summed E-state index contributed by atoms with van der Waals surface area (Å²) in [5, 5.41) is 0. The minimum absolute atomic E-state index is 0. The molecule has 1 amide bonds. The molecule has 2 aliphatic heterocycles. The normalized spacial score (nSPS) is 24.2. The number of nitrogens with two attached hydrogens (primary N) is 1. The Morgan fingerprint density at radius 2 is 1.90 bits per heavy atom. The highest BCUT2D eigenvalue weighted by Crippen LogP contribution is 2.35. The van der Waals surface area contributed by atoms with Gasteiger partial charge in [-0.3, -0.25) is 4.79 Å². The maximum Gasteiger partial charge on any atom is 0.239 e. The monoisotopic (exact) mass is 306 g/mol. The van der Waals surface area contributed by atoms with E-state index in [9.17, 15) is 4.79 Å². The highest BCUT2D eigenvalue weighted by Gasteiger charge is 2.41. The zero-order valence-corrected chi connectivity index (χ0v) is 13.3. The maximum absolute atomic E-state index is 12.1. The number of carbonyl (C=O) groups is 1. The first-order valence-electron chi connectivity index (χ1n) is 7.39. The highest BCUT2D eigenvalue weighted by atomic mass is 35.5. The van der Waals surface area contributed by atoms with Gasteiger partial charge in [0, 0.05) is 19.0 Å². The largest absolute Gasteiger partial charge is 0.348 e. The minimum Gasteiger partial charge on any atom is -0.348 e. The summed E-state index contributed by atoms with van der Waals surface area (Å²) >= 11 is 0. The Labute approximate surface area is 127 Å². The Kier molecular flexibility index (Phi) is 6.72. The molecular weight excluding hydrogens is 280 g/mol. The molecule has 0 saturated carbocycles. The Morgan fingerprint density at radius 3 is 2.40 bits per heavy atom. The molecule has 2 heterocycles. The molecular formula is C14H27ClN2O3. The zero-order chi connectivity index (χ0) is 13.9. The Bertz CT molecular complexity index is 314. The third-order valence-electron chi connectivity index (χ3n) is 4.33.